The summed E-state index contributed by atoms with van der Waals surface area (Å²) < 4.78 is 0. The van der Waals surface area contributed by atoms with E-state index >= 15 is 0 Å². The lowest BCUT2D eigenvalue weighted by molar-refractivity contribution is -0.135. The van der Waals surface area contributed by atoms with Gasteiger partial charge in [-0.1, -0.05) is 73.4 Å². The monoisotopic (exact) mass is 471 g/mol. The van der Waals surface area contributed by atoms with Crippen molar-refractivity contribution in [2.24, 2.45) is 0 Å². The molecule has 0 heterocycles. The van der Waals surface area contributed by atoms with Crippen LogP contribution in [0.15, 0.2) is 109 Å². The van der Waals surface area contributed by atoms with E-state index in [1.165, 1.54) is 0 Å². The molecule has 0 unspecified atom stereocenters. The molecular formula is C28H29N3O4. The van der Waals surface area contributed by atoms with Crippen LogP contribution in [0.1, 0.15) is 22.8 Å². The van der Waals surface area contributed by atoms with Gasteiger partial charge in [0.05, 0.1) is 0 Å². The number of allylic oxidation sites excluding steroid dienone is 7. The van der Waals surface area contributed by atoms with Gasteiger partial charge in [0.2, 0.25) is 0 Å². The van der Waals surface area contributed by atoms with E-state index in [-0.39, 0.29) is 24.9 Å². The van der Waals surface area contributed by atoms with Crippen molar-refractivity contribution in [1.29, 1.82) is 0 Å². The van der Waals surface area contributed by atoms with Crippen LogP contribution in [0.25, 0.3) is 0 Å². The molecule has 180 valence electrons. The van der Waals surface area contributed by atoms with Crippen LogP contribution in [-0.2, 0) is 16.1 Å². The molecule has 0 aliphatic carbocycles. The van der Waals surface area contributed by atoms with Crippen molar-refractivity contribution in [2.45, 2.75) is 13.5 Å². The fourth-order valence-electron chi connectivity index (χ4n) is 2.99. The van der Waals surface area contributed by atoms with Gasteiger partial charge in [0.15, 0.2) is 0 Å². The average molecular weight is 472 g/mol. The number of benzene rings is 2. The lowest BCUT2D eigenvalue weighted by Crippen LogP contribution is -2.25. The smallest absolute Gasteiger partial charge is 0.322 e. The average Bonchev–Trinajstić information content (AvgIpc) is 2.86. The van der Waals surface area contributed by atoms with Crippen LogP contribution in [0.2, 0.25) is 0 Å². The molecule has 7 heteroatoms. The summed E-state index contributed by atoms with van der Waals surface area (Å²) in [5, 5.41) is 17.2. The standard InChI is InChI=1S/C28H29N3O4/c1-3-5-6-7-8-9-13-21(4-2)27(34)30-19-22-14-10-11-17-25(22)28(35)31-24-16-12-15-23(18-24)29-20-26(32)33/h3-18,29H,1,19-20H2,2H3,(H,30,34)(H,31,35)(H,32,33)/b6-5-,8-7+,13-9-,21-4+. The largest absolute Gasteiger partial charge is 0.480 e. The third-order valence-corrected chi connectivity index (χ3v) is 4.70. The number of hydrogen-bond donors (Lipinski definition) is 4. The van der Waals surface area contributed by atoms with E-state index in [2.05, 4.69) is 22.5 Å². The van der Waals surface area contributed by atoms with Gasteiger partial charge in [-0.2, -0.15) is 0 Å². The Morgan fingerprint density at radius 2 is 1.66 bits per heavy atom. The predicted molar refractivity (Wildman–Crippen MR) is 140 cm³/mol. The lowest BCUT2D eigenvalue weighted by atomic mass is 10.1. The van der Waals surface area contributed by atoms with Gasteiger partial charge in [-0.3, -0.25) is 14.4 Å². The molecule has 0 spiro atoms. The van der Waals surface area contributed by atoms with E-state index in [4.69, 9.17) is 5.11 Å². The summed E-state index contributed by atoms with van der Waals surface area (Å²) in [7, 11) is 0. The Hall–Kier alpha value is -4.65. The van der Waals surface area contributed by atoms with Crippen LogP contribution in [0.4, 0.5) is 11.4 Å². The summed E-state index contributed by atoms with van der Waals surface area (Å²) in [6.45, 7) is 5.32. The number of carbonyl (C=O) groups is 3. The van der Waals surface area contributed by atoms with E-state index < -0.39 is 5.97 Å². The Bertz CT molecular complexity index is 1180. The van der Waals surface area contributed by atoms with Gasteiger partial charge in [0.1, 0.15) is 6.54 Å². The number of amides is 2. The topological polar surface area (TPSA) is 108 Å². The SMILES string of the molecule is C=C\C=C/C=C/C=C\C(=C/C)C(=O)NCc1ccccc1C(=O)Nc1cccc(NCC(=O)O)c1. The van der Waals surface area contributed by atoms with Crippen LogP contribution in [0.3, 0.4) is 0 Å². The maximum Gasteiger partial charge on any atom is 0.322 e. The number of rotatable bonds is 12. The first kappa shape index (κ1) is 26.6. The quantitative estimate of drug-likeness (QED) is 0.261. The molecule has 2 rings (SSSR count). The molecule has 0 atom stereocenters. The number of hydrogen-bond acceptors (Lipinski definition) is 4. The highest BCUT2D eigenvalue weighted by molar-refractivity contribution is 6.05. The summed E-state index contributed by atoms with van der Waals surface area (Å²) in [5.41, 5.74) is 2.67. The van der Waals surface area contributed by atoms with Crippen LogP contribution in [0.5, 0.6) is 0 Å². The van der Waals surface area contributed by atoms with E-state index in [9.17, 15) is 14.4 Å². The number of carbonyl (C=O) groups excluding carboxylic acids is 2. The van der Waals surface area contributed by atoms with E-state index in [1.54, 1.807) is 85.8 Å². The zero-order chi connectivity index (χ0) is 25.5. The zero-order valence-electron chi connectivity index (χ0n) is 19.5. The zero-order valence-corrected chi connectivity index (χ0v) is 19.5. The van der Waals surface area contributed by atoms with Crippen molar-refractivity contribution in [2.75, 3.05) is 17.2 Å². The van der Waals surface area contributed by atoms with Crippen molar-refractivity contribution < 1.29 is 19.5 Å². The highest BCUT2D eigenvalue weighted by Gasteiger charge is 2.13. The maximum atomic E-state index is 12.9. The highest BCUT2D eigenvalue weighted by Crippen LogP contribution is 2.17. The third kappa shape index (κ3) is 9.39. The molecule has 7 nitrogen and oxygen atoms in total. The van der Waals surface area contributed by atoms with Gasteiger partial charge in [-0.15, -0.1) is 0 Å². The first-order valence-corrected chi connectivity index (χ1v) is 11.0. The van der Waals surface area contributed by atoms with Gasteiger partial charge in [0, 0.05) is 29.1 Å². The molecule has 0 fully saturated rings. The molecule has 0 saturated heterocycles. The minimum Gasteiger partial charge on any atom is -0.480 e. The van der Waals surface area contributed by atoms with Crippen molar-refractivity contribution in [3.8, 4) is 0 Å². The second-order valence-electron chi connectivity index (χ2n) is 7.23. The third-order valence-electron chi connectivity index (χ3n) is 4.70. The molecule has 0 radical (unpaired) electrons. The number of carboxylic acids is 1. The van der Waals surface area contributed by atoms with Crippen LogP contribution in [-0.4, -0.2) is 29.4 Å². The second-order valence-corrected chi connectivity index (χ2v) is 7.23. The molecule has 0 bridgehead atoms. The van der Waals surface area contributed by atoms with E-state index in [0.29, 0.717) is 28.1 Å². The molecule has 0 aromatic heterocycles. The molecule has 0 aliphatic heterocycles. The van der Waals surface area contributed by atoms with Gasteiger partial charge in [0.25, 0.3) is 11.8 Å². The maximum absolute atomic E-state index is 12.9. The lowest BCUT2D eigenvalue weighted by Gasteiger charge is -2.12. The van der Waals surface area contributed by atoms with Gasteiger partial charge < -0.3 is 21.1 Å². The van der Waals surface area contributed by atoms with Crippen LogP contribution >= 0.6 is 0 Å². The first-order chi connectivity index (χ1) is 16.9. The van der Waals surface area contributed by atoms with Crippen LogP contribution in [0, 0.1) is 0 Å². The summed E-state index contributed by atoms with van der Waals surface area (Å²) in [5.74, 6) is -1.58. The fraction of sp³-hybridized carbons (Fsp3) is 0.107. The Morgan fingerprint density at radius 3 is 2.40 bits per heavy atom. The molecule has 0 aliphatic rings. The molecule has 2 aromatic rings. The van der Waals surface area contributed by atoms with E-state index in [0.717, 1.165) is 0 Å². The Morgan fingerprint density at radius 1 is 0.943 bits per heavy atom. The normalized spacial score (nSPS) is 11.6. The Kier molecular flexibility index (Phi) is 11.0. The molecule has 4 N–H and O–H groups in total. The first-order valence-electron chi connectivity index (χ1n) is 11.0. The predicted octanol–water partition coefficient (Wildman–Crippen LogP) is 4.85. The molecule has 0 saturated carbocycles. The van der Waals surface area contributed by atoms with Crippen molar-refractivity contribution in [3.63, 3.8) is 0 Å². The summed E-state index contributed by atoms with van der Waals surface area (Å²) >= 11 is 0. The number of anilines is 2. The summed E-state index contributed by atoms with van der Waals surface area (Å²) in [4.78, 5) is 36.3. The minimum atomic E-state index is -0.982. The second kappa shape index (κ2) is 14.5. The molecule has 2 amide bonds. The fourth-order valence-corrected chi connectivity index (χ4v) is 2.99. The van der Waals surface area contributed by atoms with Gasteiger partial charge >= 0.3 is 5.97 Å². The Balaban J connectivity index is 2.04. The van der Waals surface area contributed by atoms with Crippen molar-refractivity contribution in [1.82, 2.24) is 5.32 Å². The molecule has 2 aromatic carbocycles. The summed E-state index contributed by atoms with van der Waals surface area (Å²) in [6, 6.07) is 13.8. The Labute approximate surface area is 205 Å². The minimum absolute atomic E-state index is 0.172. The summed E-state index contributed by atoms with van der Waals surface area (Å²) in [6.07, 6.45) is 14.1. The molecular weight excluding hydrogens is 442 g/mol. The van der Waals surface area contributed by atoms with Gasteiger partial charge in [-0.25, -0.2) is 0 Å². The van der Waals surface area contributed by atoms with Crippen LogP contribution < -0.4 is 16.0 Å². The van der Waals surface area contributed by atoms with Crippen molar-refractivity contribution >= 4 is 29.2 Å². The number of nitrogens with one attached hydrogen (secondary N) is 3. The highest BCUT2D eigenvalue weighted by atomic mass is 16.4. The van der Waals surface area contributed by atoms with Crippen molar-refractivity contribution in [3.05, 3.63) is 120 Å². The number of aliphatic carboxylic acids is 1. The molecule has 35 heavy (non-hydrogen) atoms. The van der Waals surface area contributed by atoms with E-state index in [1.807, 2.05) is 18.2 Å². The van der Waals surface area contributed by atoms with Gasteiger partial charge in [-0.05, 0) is 42.8 Å². The number of carboxylic acid groups (broad SMARTS) is 1.